The van der Waals surface area contributed by atoms with Gasteiger partial charge in [-0.25, -0.2) is 0 Å². The van der Waals surface area contributed by atoms with Crippen LogP contribution in [0, 0.1) is 0 Å². The molecule has 3 rings (SSSR count). The summed E-state index contributed by atoms with van der Waals surface area (Å²) >= 11 is 5.65. The summed E-state index contributed by atoms with van der Waals surface area (Å²) in [7, 11) is 0. The molecule has 4 nitrogen and oxygen atoms in total. The molecule has 0 saturated heterocycles. The van der Waals surface area contributed by atoms with E-state index < -0.39 is 0 Å². The third kappa shape index (κ3) is 2.42. The molecule has 1 N–H and O–H groups in total. The lowest BCUT2D eigenvalue weighted by Gasteiger charge is -2.09. The van der Waals surface area contributed by atoms with E-state index in [0.717, 1.165) is 11.0 Å². The molecule has 0 radical (unpaired) electrons. The van der Waals surface area contributed by atoms with Crippen molar-refractivity contribution < 1.29 is 13.6 Å². The smallest absolute Gasteiger partial charge is 0.287 e. The van der Waals surface area contributed by atoms with Gasteiger partial charge in [0, 0.05) is 5.39 Å². The molecule has 5 heteroatoms. The number of benzene rings is 1. The predicted octanol–water partition coefficient (Wildman–Crippen LogP) is 4.17. The van der Waals surface area contributed by atoms with Gasteiger partial charge in [-0.05, 0) is 42.8 Å². The molecule has 0 aliphatic heterocycles. The number of amides is 1. The molecule has 1 amide bonds. The van der Waals surface area contributed by atoms with Crippen LogP contribution in [0.25, 0.3) is 11.0 Å². The van der Waals surface area contributed by atoms with Crippen LogP contribution < -0.4 is 5.32 Å². The van der Waals surface area contributed by atoms with Crippen molar-refractivity contribution in [1.82, 2.24) is 5.32 Å². The third-order valence-electron chi connectivity index (χ3n) is 3.02. The SMILES string of the molecule is CC(NC(=O)c1ccc(Cl)o1)c1cc2ccccc2o1. The number of hydrogen-bond donors (Lipinski definition) is 1. The van der Waals surface area contributed by atoms with Crippen molar-refractivity contribution in [3.05, 3.63) is 59.2 Å². The first kappa shape index (κ1) is 12.8. The van der Waals surface area contributed by atoms with E-state index in [2.05, 4.69) is 5.32 Å². The number of carbonyl (C=O) groups excluding carboxylic acids is 1. The molecule has 2 aromatic heterocycles. The molecule has 102 valence electrons. The van der Waals surface area contributed by atoms with E-state index in [9.17, 15) is 4.79 Å². The van der Waals surface area contributed by atoms with Gasteiger partial charge in [-0.2, -0.15) is 0 Å². The van der Waals surface area contributed by atoms with Crippen LogP contribution in [0.15, 0.2) is 51.3 Å². The Hall–Kier alpha value is -2.20. The lowest BCUT2D eigenvalue weighted by Crippen LogP contribution is -2.25. The quantitative estimate of drug-likeness (QED) is 0.787. The molecule has 1 unspecified atom stereocenters. The minimum absolute atomic E-state index is 0.179. The summed E-state index contributed by atoms with van der Waals surface area (Å²) in [4.78, 5) is 12.0. The maximum Gasteiger partial charge on any atom is 0.287 e. The molecule has 0 bridgehead atoms. The molecule has 0 aliphatic rings. The largest absolute Gasteiger partial charge is 0.459 e. The maximum atomic E-state index is 12.0. The van der Waals surface area contributed by atoms with Crippen LogP contribution in [0.5, 0.6) is 0 Å². The number of furan rings is 2. The summed E-state index contributed by atoms with van der Waals surface area (Å²) in [6, 6.07) is 12.4. The van der Waals surface area contributed by atoms with Gasteiger partial charge in [-0.15, -0.1) is 0 Å². The highest BCUT2D eigenvalue weighted by atomic mass is 35.5. The van der Waals surface area contributed by atoms with Crippen LogP contribution in [0.3, 0.4) is 0 Å². The van der Waals surface area contributed by atoms with Crippen LogP contribution in [-0.2, 0) is 0 Å². The molecule has 0 saturated carbocycles. The number of fused-ring (bicyclic) bond motifs is 1. The first-order valence-corrected chi connectivity index (χ1v) is 6.56. The van der Waals surface area contributed by atoms with Gasteiger partial charge < -0.3 is 14.2 Å². The molecule has 2 heterocycles. The van der Waals surface area contributed by atoms with Gasteiger partial charge in [0.15, 0.2) is 11.0 Å². The number of para-hydroxylation sites is 1. The number of nitrogens with one attached hydrogen (secondary N) is 1. The highest BCUT2D eigenvalue weighted by Gasteiger charge is 2.17. The van der Waals surface area contributed by atoms with E-state index in [4.69, 9.17) is 20.4 Å². The normalized spacial score (nSPS) is 12.5. The fourth-order valence-electron chi connectivity index (χ4n) is 1.99. The standard InChI is InChI=1S/C15H12ClNO3/c1-9(17-15(18)12-6-7-14(16)20-12)13-8-10-4-2-3-5-11(10)19-13/h2-9H,1H3,(H,17,18). The molecule has 3 aromatic rings. The van der Waals surface area contributed by atoms with Crippen molar-refractivity contribution in [3.63, 3.8) is 0 Å². The van der Waals surface area contributed by atoms with Gasteiger partial charge >= 0.3 is 0 Å². The van der Waals surface area contributed by atoms with Gasteiger partial charge in [-0.1, -0.05) is 18.2 Å². The Morgan fingerprint density at radius 1 is 1.20 bits per heavy atom. The fraction of sp³-hybridized carbons (Fsp3) is 0.133. The molecule has 20 heavy (non-hydrogen) atoms. The topological polar surface area (TPSA) is 55.4 Å². The first-order chi connectivity index (χ1) is 9.63. The average Bonchev–Trinajstić information content (AvgIpc) is 3.04. The van der Waals surface area contributed by atoms with E-state index in [1.54, 1.807) is 0 Å². The van der Waals surface area contributed by atoms with Crippen LogP contribution in [0.4, 0.5) is 0 Å². The Bertz CT molecular complexity index is 726. The van der Waals surface area contributed by atoms with Crippen molar-refractivity contribution in [3.8, 4) is 0 Å². The van der Waals surface area contributed by atoms with Crippen LogP contribution in [0.2, 0.25) is 5.22 Å². The first-order valence-electron chi connectivity index (χ1n) is 6.18. The zero-order valence-corrected chi connectivity index (χ0v) is 11.5. The fourth-order valence-corrected chi connectivity index (χ4v) is 2.14. The van der Waals surface area contributed by atoms with Gasteiger partial charge in [-0.3, -0.25) is 4.79 Å². The summed E-state index contributed by atoms with van der Waals surface area (Å²) in [6.45, 7) is 1.85. The van der Waals surface area contributed by atoms with Crippen molar-refractivity contribution in [1.29, 1.82) is 0 Å². The molecular weight excluding hydrogens is 278 g/mol. The molecular formula is C15H12ClNO3. The number of hydrogen-bond acceptors (Lipinski definition) is 3. The Morgan fingerprint density at radius 3 is 2.70 bits per heavy atom. The predicted molar refractivity (Wildman–Crippen MR) is 75.8 cm³/mol. The number of halogens is 1. The van der Waals surface area contributed by atoms with Crippen molar-refractivity contribution in [2.24, 2.45) is 0 Å². The summed E-state index contributed by atoms with van der Waals surface area (Å²) < 4.78 is 10.8. The van der Waals surface area contributed by atoms with Gasteiger partial charge in [0.2, 0.25) is 0 Å². The minimum atomic E-state index is -0.329. The second kappa shape index (κ2) is 5.06. The number of rotatable bonds is 3. The molecule has 1 atom stereocenters. The van der Waals surface area contributed by atoms with Crippen molar-refractivity contribution in [2.45, 2.75) is 13.0 Å². The van der Waals surface area contributed by atoms with E-state index in [1.165, 1.54) is 12.1 Å². The minimum Gasteiger partial charge on any atom is -0.459 e. The van der Waals surface area contributed by atoms with Crippen molar-refractivity contribution in [2.75, 3.05) is 0 Å². The van der Waals surface area contributed by atoms with Crippen molar-refractivity contribution >= 4 is 28.5 Å². The summed E-state index contributed by atoms with van der Waals surface area (Å²) in [5, 5.41) is 3.99. The van der Waals surface area contributed by atoms with Gasteiger partial charge in [0.05, 0.1) is 6.04 Å². The second-order valence-corrected chi connectivity index (χ2v) is 4.86. The monoisotopic (exact) mass is 289 g/mol. The Balaban J connectivity index is 1.78. The zero-order chi connectivity index (χ0) is 14.1. The van der Waals surface area contributed by atoms with E-state index in [-0.39, 0.29) is 22.9 Å². The molecule has 0 spiro atoms. The van der Waals surface area contributed by atoms with E-state index >= 15 is 0 Å². The van der Waals surface area contributed by atoms with E-state index in [0.29, 0.717) is 5.76 Å². The zero-order valence-electron chi connectivity index (χ0n) is 10.7. The highest BCUT2D eigenvalue weighted by molar-refractivity contribution is 6.29. The lowest BCUT2D eigenvalue weighted by atomic mass is 10.2. The molecule has 1 aromatic carbocycles. The van der Waals surface area contributed by atoms with E-state index in [1.807, 2.05) is 37.3 Å². The van der Waals surface area contributed by atoms with Gasteiger partial charge in [0.25, 0.3) is 5.91 Å². The van der Waals surface area contributed by atoms with Crippen LogP contribution >= 0.6 is 11.6 Å². The Kier molecular flexibility index (Phi) is 3.24. The summed E-state index contributed by atoms with van der Waals surface area (Å²) in [6.07, 6.45) is 0. The highest BCUT2D eigenvalue weighted by Crippen LogP contribution is 2.24. The van der Waals surface area contributed by atoms with Gasteiger partial charge in [0.1, 0.15) is 11.3 Å². The summed E-state index contributed by atoms with van der Waals surface area (Å²) in [5.74, 6) is 0.542. The molecule has 0 aliphatic carbocycles. The van der Waals surface area contributed by atoms with Crippen LogP contribution in [-0.4, -0.2) is 5.91 Å². The Labute approximate surface area is 120 Å². The maximum absolute atomic E-state index is 12.0. The summed E-state index contributed by atoms with van der Waals surface area (Å²) in [5.41, 5.74) is 0.796. The Morgan fingerprint density at radius 2 is 2.00 bits per heavy atom. The average molecular weight is 290 g/mol. The lowest BCUT2D eigenvalue weighted by molar-refractivity contribution is 0.0908. The number of carbonyl (C=O) groups is 1. The van der Waals surface area contributed by atoms with Crippen LogP contribution in [0.1, 0.15) is 29.3 Å². The second-order valence-electron chi connectivity index (χ2n) is 4.49. The third-order valence-corrected chi connectivity index (χ3v) is 3.22. The molecule has 0 fully saturated rings.